The molecule has 1 aromatic heterocycles. The smallest absolute Gasteiger partial charge is 0.129 e. The van der Waals surface area contributed by atoms with E-state index < -0.39 is 0 Å². The van der Waals surface area contributed by atoms with Crippen LogP contribution in [0.3, 0.4) is 0 Å². The zero-order chi connectivity index (χ0) is 14.8. The first-order valence-electron chi connectivity index (χ1n) is 7.42. The lowest BCUT2D eigenvalue weighted by atomic mass is 10.1. The van der Waals surface area contributed by atoms with Crippen LogP contribution in [0.1, 0.15) is 39.0 Å². The molecule has 1 unspecified atom stereocenters. The summed E-state index contributed by atoms with van der Waals surface area (Å²) in [4.78, 5) is 7.19. The van der Waals surface area contributed by atoms with E-state index in [9.17, 15) is 0 Å². The molecule has 0 spiro atoms. The fraction of sp³-hybridized carbons (Fsp3) is 0.688. The van der Waals surface area contributed by atoms with Gasteiger partial charge in [0, 0.05) is 41.9 Å². The predicted molar refractivity (Wildman–Crippen MR) is 89.7 cm³/mol. The fourth-order valence-corrected chi connectivity index (χ4v) is 3.42. The number of aromatic nitrogens is 1. The van der Waals surface area contributed by atoms with Crippen molar-refractivity contribution in [3.63, 3.8) is 0 Å². The number of aryl methyl sites for hydroxylation is 1. The minimum Gasteiger partial charge on any atom is -0.352 e. The van der Waals surface area contributed by atoms with Crippen LogP contribution in [0.15, 0.2) is 12.1 Å². The monoisotopic (exact) mass is 293 g/mol. The van der Waals surface area contributed by atoms with E-state index in [1.54, 1.807) is 0 Å². The van der Waals surface area contributed by atoms with Gasteiger partial charge in [-0.05, 0) is 52.3 Å². The maximum atomic E-state index is 4.74. The molecule has 0 amide bonds. The molecule has 1 saturated heterocycles. The van der Waals surface area contributed by atoms with Crippen molar-refractivity contribution in [1.29, 1.82) is 0 Å². The number of nitrogens with zero attached hydrogens (tertiary/aromatic N) is 2. The fourth-order valence-electron chi connectivity index (χ4n) is 2.40. The van der Waals surface area contributed by atoms with Crippen LogP contribution in [-0.4, -0.2) is 34.6 Å². The minimum absolute atomic E-state index is 0.145. The summed E-state index contributed by atoms with van der Waals surface area (Å²) >= 11 is 2.04. The lowest BCUT2D eigenvalue weighted by Crippen LogP contribution is -2.41. The van der Waals surface area contributed by atoms with Crippen molar-refractivity contribution < 1.29 is 0 Å². The number of nitrogens with one attached hydrogen (secondary N) is 1. The van der Waals surface area contributed by atoms with Gasteiger partial charge in [0.15, 0.2) is 0 Å². The normalized spacial score (nSPS) is 20.2. The zero-order valence-electron chi connectivity index (χ0n) is 13.4. The van der Waals surface area contributed by atoms with Gasteiger partial charge in [-0.2, -0.15) is 11.8 Å². The molecule has 1 aliphatic rings. The standard InChI is InChI=1S/C16H27N3S/c1-12-8-14(10-17-16(3,4)5)9-15(18-12)19-6-7-20-11-13(19)2/h8-9,13,17H,6-7,10-11H2,1-5H3. The van der Waals surface area contributed by atoms with E-state index in [-0.39, 0.29) is 5.54 Å². The highest BCUT2D eigenvalue weighted by atomic mass is 32.2. The molecule has 0 bridgehead atoms. The number of rotatable bonds is 3. The summed E-state index contributed by atoms with van der Waals surface area (Å²) in [6.45, 7) is 13.0. The van der Waals surface area contributed by atoms with E-state index in [0.717, 1.165) is 24.6 Å². The zero-order valence-corrected chi connectivity index (χ0v) is 14.2. The van der Waals surface area contributed by atoms with Crippen LogP contribution in [0.2, 0.25) is 0 Å². The molecule has 3 nitrogen and oxygen atoms in total. The highest BCUT2D eigenvalue weighted by molar-refractivity contribution is 7.99. The second kappa shape index (κ2) is 6.35. The molecule has 1 N–H and O–H groups in total. The third-order valence-corrected chi connectivity index (χ3v) is 4.67. The number of anilines is 1. The van der Waals surface area contributed by atoms with Gasteiger partial charge in [-0.1, -0.05) is 0 Å². The minimum atomic E-state index is 0.145. The lowest BCUT2D eigenvalue weighted by molar-refractivity contribution is 0.424. The Balaban J connectivity index is 2.15. The Kier molecular flexibility index (Phi) is 4.97. The predicted octanol–water partition coefficient (Wildman–Crippen LogP) is 3.22. The first-order valence-corrected chi connectivity index (χ1v) is 8.57. The Bertz CT molecular complexity index is 454. The molecule has 0 aromatic carbocycles. The summed E-state index contributed by atoms with van der Waals surface area (Å²) in [6, 6.07) is 5.01. The van der Waals surface area contributed by atoms with E-state index in [2.05, 4.69) is 57.0 Å². The Morgan fingerprint density at radius 1 is 1.40 bits per heavy atom. The van der Waals surface area contributed by atoms with Gasteiger partial charge in [-0.15, -0.1) is 0 Å². The van der Waals surface area contributed by atoms with E-state index in [1.165, 1.54) is 17.1 Å². The molecular weight excluding hydrogens is 266 g/mol. The van der Waals surface area contributed by atoms with E-state index in [1.807, 2.05) is 11.8 Å². The van der Waals surface area contributed by atoms with E-state index in [0.29, 0.717) is 6.04 Å². The molecule has 1 aromatic rings. The molecule has 2 rings (SSSR count). The average Bonchev–Trinajstić information content (AvgIpc) is 2.35. The number of pyridine rings is 1. The number of thioether (sulfide) groups is 1. The summed E-state index contributed by atoms with van der Waals surface area (Å²) in [6.07, 6.45) is 0. The molecule has 1 aliphatic heterocycles. The molecule has 20 heavy (non-hydrogen) atoms. The number of hydrogen-bond donors (Lipinski definition) is 1. The number of hydrogen-bond acceptors (Lipinski definition) is 4. The Morgan fingerprint density at radius 2 is 2.15 bits per heavy atom. The van der Waals surface area contributed by atoms with Gasteiger partial charge < -0.3 is 10.2 Å². The van der Waals surface area contributed by atoms with Crippen LogP contribution in [0, 0.1) is 6.92 Å². The van der Waals surface area contributed by atoms with Crippen LogP contribution in [-0.2, 0) is 6.54 Å². The lowest BCUT2D eigenvalue weighted by Gasteiger charge is -2.34. The SMILES string of the molecule is Cc1cc(CNC(C)(C)C)cc(N2CCSCC2C)n1. The van der Waals surface area contributed by atoms with Gasteiger partial charge in [0.25, 0.3) is 0 Å². The highest BCUT2D eigenvalue weighted by Gasteiger charge is 2.20. The maximum Gasteiger partial charge on any atom is 0.129 e. The molecular formula is C16H27N3S. The molecule has 0 aliphatic carbocycles. The third kappa shape index (κ3) is 4.38. The average molecular weight is 293 g/mol. The first-order chi connectivity index (χ1) is 9.35. The molecule has 0 radical (unpaired) electrons. The molecule has 4 heteroatoms. The van der Waals surface area contributed by atoms with Crippen LogP contribution in [0.4, 0.5) is 5.82 Å². The Hall–Kier alpha value is -0.740. The molecule has 112 valence electrons. The van der Waals surface area contributed by atoms with Crippen molar-refractivity contribution in [3.8, 4) is 0 Å². The van der Waals surface area contributed by atoms with E-state index in [4.69, 9.17) is 4.98 Å². The van der Waals surface area contributed by atoms with Crippen molar-refractivity contribution >= 4 is 17.6 Å². The quantitative estimate of drug-likeness (QED) is 0.926. The summed E-state index contributed by atoms with van der Waals surface area (Å²) < 4.78 is 0. The van der Waals surface area contributed by atoms with Crippen molar-refractivity contribution in [3.05, 3.63) is 23.4 Å². The van der Waals surface area contributed by atoms with Gasteiger partial charge in [-0.25, -0.2) is 4.98 Å². The van der Waals surface area contributed by atoms with Crippen LogP contribution >= 0.6 is 11.8 Å². The van der Waals surface area contributed by atoms with Gasteiger partial charge in [-0.3, -0.25) is 0 Å². The summed E-state index contributed by atoms with van der Waals surface area (Å²) in [5.41, 5.74) is 2.58. The third-order valence-electron chi connectivity index (χ3n) is 3.48. The van der Waals surface area contributed by atoms with Crippen LogP contribution in [0.5, 0.6) is 0 Å². The first kappa shape index (κ1) is 15.6. The maximum absolute atomic E-state index is 4.74. The van der Waals surface area contributed by atoms with Crippen LogP contribution in [0.25, 0.3) is 0 Å². The Morgan fingerprint density at radius 3 is 2.80 bits per heavy atom. The summed E-state index contributed by atoms with van der Waals surface area (Å²) in [5.74, 6) is 3.55. The topological polar surface area (TPSA) is 28.2 Å². The molecule has 0 saturated carbocycles. The summed E-state index contributed by atoms with van der Waals surface area (Å²) in [7, 11) is 0. The van der Waals surface area contributed by atoms with Crippen molar-refractivity contribution in [2.45, 2.75) is 52.7 Å². The molecule has 1 fully saturated rings. The van der Waals surface area contributed by atoms with Crippen molar-refractivity contribution in [2.24, 2.45) is 0 Å². The van der Waals surface area contributed by atoms with Crippen molar-refractivity contribution in [2.75, 3.05) is 23.0 Å². The van der Waals surface area contributed by atoms with Crippen molar-refractivity contribution in [1.82, 2.24) is 10.3 Å². The second-order valence-corrected chi connectivity index (χ2v) is 7.85. The molecule has 1 atom stereocenters. The summed E-state index contributed by atoms with van der Waals surface area (Å²) in [5, 5.41) is 3.56. The molecule has 2 heterocycles. The second-order valence-electron chi connectivity index (χ2n) is 6.70. The van der Waals surface area contributed by atoms with Gasteiger partial charge in [0.05, 0.1) is 0 Å². The van der Waals surface area contributed by atoms with Gasteiger partial charge >= 0.3 is 0 Å². The Labute approximate surface area is 127 Å². The van der Waals surface area contributed by atoms with Gasteiger partial charge in [0.1, 0.15) is 5.82 Å². The van der Waals surface area contributed by atoms with Gasteiger partial charge in [0.2, 0.25) is 0 Å². The van der Waals surface area contributed by atoms with Crippen LogP contribution < -0.4 is 10.2 Å². The highest BCUT2D eigenvalue weighted by Crippen LogP contribution is 2.23. The largest absolute Gasteiger partial charge is 0.352 e. The van der Waals surface area contributed by atoms with E-state index >= 15 is 0 Å².